The lowest BCUT2D eigenvalue weighted by Crippen LogP contribution is -2.44. The third-order valence-electron chi connectivity index (χ3n) is 4.57. The molecule has 1 aliphatic rings. The van der Waals surface area contributed by atoms with E-state index in [1.165, 1.54) is 11.1 Å². The normalized spacial score (nSPS) is 16.5. The van der Waals surface area contributed by atoms with E-state index in [0.29, 0.717) is 4.88 Å². The first kappa shape index (κ1) is 21.7. The molecule has 0 saturated carbocycles. The highest BCUT2D eigenvalue weighted by atomic mass is 32.2. The standard InChI is InChI=1S/C18H23N3O5S3/c1-2-3-14-4-6-16(7-5-14)29(25,26)20-18-19-13-15(27-18)12-17(22)21-8-10-28(23,24)11-9-21/h4-7,13H,2-3,8-12H2,1H3,(H,19,20). The summed E-state index contributed by atoms with van der Waals surface area (Å²) in [6.45, 7) is 2.44. The van der Waals surface area contributed by atoms with Crippen molar-refractivity contribution in [2.45, 2.75) is 31.1 Å². The number of anilines is 1. The molecule has 0 unspecified atom stereocenters. The van der Waals surface area contributed by atoms with Crippen LogP contribution < -0.4 is 4.72 Å². The largest absolute Gasteiger partial charge is 0.340 e. The lowest BCUT2D eigenvalue weighted by Gasteiger charge is -2.26. The third-order valence-corrected chi connectivity index (χ3v) is 8.58. The number of sulfonamides is 1. The number of nitrogens with zero attached hydrogens (tertiary/aromatic N) is 2. The third kappa shape index (κ3) is 5.77. The Hall–Kier alpha value is -1.98. The van der Waals surface area contributed by atoms with Crippen molar-refractivity contribution in [3.63, 3.8) is 0 Å². The maximum Gasteiger partial charge on any atom is 0.263 e. The summed E-state index contributed by atoms with van der Waals surface area (Å²) >= 11 is 1.09. The van der Waals surface area contributed by atoms with Crippen molar-refractivity contribution in [3.05, 3.63) is 40.9 Å². The van der Waals surface area contributed by atoms with Crippen LogP contribution >= 0.6 is 11.3 Å². The van der Waals surface area contributed by atoms with Gasteiger partial charge in [0.25, 0.3) is 10.0 Å². The molecule has 0 radical (unpaired) electrons. The van der Waals surface area contributed by atoms with Crippen molar-refractivity contribution in [1.82, 2.24) is 9.88 Å². The van der Waals surface area contributed by atoms with Gasteiger partial charge in [-0.25, -0.2) is 21.8 Å². The molecule has 1 fully saturated rings. The molecule has 11 heteroatoms. The number of hydrogen-bond acceptors (Lipinski definition) is 7. The number of rotatable bonds is 7. The van der Waals surface area contributed by atoms with Gasteiger partial charge in [0.15, 0.2) is 15.0 Å². The fourth-order valence-corrected chi connectivity index (χ4v) is 6.20. The van der Waals surface area contributed by atoms with E-state index in [-0.39, 0.29) is 47.0 Å². The van der Waals surface area contributed by atoms with Crippen molar-refractivity contribution >= 4 is 42.2 Å². The molecule has 158 valence electrons. The van der Waals surface area contributed by atoms with Gasteiger partial charge in [0.2, 0.25) is 5.91 Å². The van der Waals surface area contributed by atoms with Gasteiger partial charge < -0.3 is 4.90 Å². The predicted octanol–water partition coefficient (Wildman–Crippen LogP) is 1.70. The molecule has 0 bridgehead atoms. The molecule has 2 heterocycles. The zero-order chi connectivity index (χ0) is 21.1. The molecular formula is C18H23N3O5S3. The summed E-state index contributed by atoms with van der Waals surface area (Å²) in [5.41, 5.74) is 1.08. The van der Waals surface area contributed by atoms with Crippen molar-refractivity contribution in [3.8, 4) is 0 Å². The average Bonchev–Trinajstić information content (AvgIpc) is 3.08. The summed E-state index contributed by atoms with van der Waals surface area (Å²) in [7, 11) is -6.81. The fourth-order valence-electron chi connectivity index (χ4n) is 2.96. The summed E-state index contributed by atoms with van der Waals surface area (Å²) in [4.78, 5) is 18.7. The molecule has 29 heavy (non-hydrogen) atoms. The molecule has 1 saturated heterocycles. The van der Waals surface area contributed by atoms with Crippen LogP contribution in [0.25, 0.3) is 0 Å². The van der Waals surface area contributed by atoms with Crippen molar-refractivity contribution in [2.24, 2.45) is 0 Å². The van der Waals surface area contributed by atoms with Crippen LogP contribution in [0.5, 0.6) is 0 Å². The molecule has 1 aliphatic heterocycles. The van der Waals surface area contributed by atoms with Crippen LogP contribution in [0.15, 0.2) is 35.4 Å². The number of carbonyl (C=O) groups excluding carboxylic acids is 1. The minimum atomic E-state index is -3.76. The van der Waals surface area contributed by atoms with Crippen LogP contribution in [-0.4, -0.2) is 57.2 Å². The Balaban J connectivity index is 1.61. The fraction of sp³-hybridized carbons (Fsp3) is 0.444. The van der Waals surface area contributed by atoms with E-state index >= 15 is 0 Å². The first-order valence-corrected chi connectivity index (χ1v) is 13.4. The Morgan fingerprint density at radius 3 is 2.48 bits per heavy atom. The average molecular weight is 458 g/mol. The Morgan fingerprint density at radius 1 is 1.21 bits per heavy atom. The van der Waals surface area contributed by atoms with Crippen LogP contribution in [0.3, 0.4) is 0 Å². The molecule has 1 aromatic heterocycles. The maximum absolute atomic E-state index is 12.5. The van der Waals surface area contributed by atoms with Gasteiger partial charge in [-0.3, -0.25) is 9.52 Å². The SMILES string of the molecule is CCCc1ccc(S(=O)(=O)Nc2ncc(CC(=O)N3CCS(=O)(=O)CC3)s2)cc1. The summed E-state index contributed by atoms with van der Waals surface area (Å²) in [5.74, 6) is -0.239. The smallest absolute Gasteiger partial charge is 0.263 e. The summed E-state index contributed by atoms with van der Waals surface area (Å²) < 4.78 is 50.5. The molecule has 0 atom stereocenters. The number of nitrogens with one attached hydrogen (secondary N) is 1. The second-order valence-electron chi connectivity index (χ2n) is 6.84. The van der Waals surface area contributed by atoms with Crippen LogP contribution in [-0.2, 0) is 37.5 Å². The van der Waals surface area contributed by atoms with Crippen molar-refractivity contribution in [1.29, 1.82) is 0 Å². The molecule has 2 aromatic rings. The van der Waals surface area contributed by atoms with E-state index in [2.05, 4.69) is 16.6 Å². The summed E-state index contributed by atoms with van der Waals surface area (Å²) in [6, 6.07) is 6.72. The van der Waals surface area contributed by atoms with Gasteiger partial charge in [-0.15, -0.1) is 11.3 Å². The summed E-state index contributed by atoms with van der Waals surface area (Å²) in [6.07, 6.45) is 3.40. The first-order chi connectivity index (χ1) is 13.7. The lowest BCUT2D eigenvalue weighted by atomic mass is 10.1. The van der Waals surface area contributed by atoms with E-state index in [4.69, 9.17) is 0 Å². The Bertz CT molecular complexity index is 1060. The molecular weight excluding hydrogens is 434 g/mol. The van der Waals surface area contributed by atoms with Crippen LogP contribution in [0, 0.1) is 0 Å². The van der Waals surface area contributed by atoms with Crippen LogP contribution in [0.1, 0.15) is 23.8 Å². The predicted molar refractivity (Wildman–Crippen MR) is 112 cm³/mol. The minimum Gasteiger partial charge on any atom is -0.340 e. The van der Waals surface area contributed by atoms with Gasteiger partial charge in [0, 0.05) is 24.2 Å². The van der Waals surface area contributed by atoms with Gasteiger partial charge >= 0.3 is 0 Å². The van der Waals surface area contributed by atoms with Gasteiger partial charge in [-0.1, -0.05) is 25.5 Å². The molecule has 1 N–H and O–H groups in total. The van der Waals surface area contributed by atoms with Crippen molar-refractivity contribution < 1.29 is 21.6 Å². The van der Waals surface area contributed by atoms with Crippen LogP contribution in [0.2, 0.25) is 0 Å². The number of aryl methyl sites for hydroxylation is 1. The molecule has 0 aliphatic carbocycles. The number of benzene rings is 1. The first-order valence-electron chi connectivity index (χ1n) is 9.23. The van der Waals surface area contributed by atoms with Gasteiger partial charge in [-0.05, 0) is 24.1 Å². The van der Waals surface area contributed by atoms with Gasteiger partial charge in [-0.2, -0.15) is 0 Å². The molecule has 0 spiro atoms. The van der Waals surface area contributed by atoms with E-state index < -0.39 is 19.9 Å². The number of hydrogen-bond donors (Lipinski definition) is 1. The maximum atomic E-state index is 12.5. The highest BCUT2D eigenvalue weighted by Crippen LogP contribution is 2.23. The van der Waals surface area contributed by atoms with E-state index in [9.17, 15) is 21.6 Å². The Kier molecular flexibility index (Phi) is 6.59. The van der Waals surface area contributed by atoms with E-state index in [1.54, 1.807) is 24.3 Å². The van der Waals surface area contributed by atoms with E-state index in [0.717, 1.165) is 29.7 Å². The van der Waals surface area contributed by atoms with Gasteiger partial charge in [0.05, 0.1) is 22.8 Å². The second-order valence-corrected chi connectivity index (χ2v) is 11.9. The van der Waals surface area contributed by atoms with Gasteiger partial charge in [0.1, 0.15) is 0 Å². The Labute approximate surface area is 174 Å². The molecule has 3 rings (SSSR count). The topological polar surface area (TPSA) is 114 Å². The monoisotopic (exact) mass is 457 g/mol. The summed E-state index contributed by atoms with van der Waals surface area (Å²) in [5, 5.41) is 0.187. The number of sulfone groups is 1. The highest BCUT2D eigenvalue weighted by Gasteiger charge is 2.25. The zero-order valence-corrected chi connectivity index (χ0v) is 18.4. The van der Waals surface area contributed by atoms with Crippen molar-refractivity contribution in [2.75, 3.05) is 29.3 Å². The lowest BCUT2D eigenvalue weighted by molar-refractivity contribution is -0.130. The molecule has 1 amide bonds. The number of aromatic nitrogens is 1. The minimum absolute atomic E-state index is 0.0243. The van der Waals surface area contributed by atoms with E-state index in [1.807, 2.05) is 0 Å². The second kappa shape index (κ2) is 8.80. The quantitative estimate of drug-likeness (QED) is 0.677. The number of amides is 1. The zero-order valence-electron chi connectivity index (χ0n) is 16.0. The molecule has 8 nitrogen and oxygen atoms in total. The highest BCUT2D eigenvalue weighted by molar-refractivity contribution is 7.93. The Morgan fingerprint density at radius 2 is 1.86 bits per heavy atom. The number of thiazole rings is 1. The van der Waals surface area contributed by atoms with Crippen LogP contribution in [0.4, 0.5) is 5.13 Å². The molecule has 1 aromatic carbocycles. The number of carbonyl (C=O) groups is 1.